The highest BCUT2D eigenvalue weighted by Crippen LogP contribution is 2.26. The second-order valence-corrected chi connectivity index (χ2v) is 7.18. The first kappa shape index (κ1) is 19.7. The largest absolute Gasteiger partial charge is 0.490 e. The van der Waals surface area contributed by atoms with Crippen LogP contribution in [0, 0.1) is 12.8 Å². The SMILES string of the molecule is Cc1cc(OCC(C)(N)CC(C)C)cnc1-c1ccnc(OC(N)=O)c1. The molecular weight excluding hydrogens is 332 g/mol. The number of primary amides is 1. The van der Waals surface area contributed by atoms with E-state index in [9.17, 15) is 4.79 Å². The molecule has 7 nitrogen and oxygen atoms in total. The summed E-state index contributed by atoms with van der Waals surface area (Å²) in [5, 5.41) is 0. The summed E-state index contributed by atoms with van der Waals surface area (Å²) in [5.74, 6) is 1.29. The van der Waals surface area contributed by atoms with Crippen LogP contribution >= 0.6 is 0 Å². The molecule has 0 aliphatic heterocycles. The van der Waals surface area contributed by atoms with Gasteiger partial charge in [-0.25, -0.2) is 9.78 Å². The maximum Gasteiger partial charge on any atom is 0.411 e. The van der Waals surface area contributed by atoms with Gasteiger partial charge in [0.15, 0.2) is 0 Å². The average Bonchev–Trinajstić information content (AvgIpc) is 2.51. The van der Waals surface area contributed by atoms with E-state index in [0.29, 0.717) is 18.3 Å². The molecule has 7 heteroatoms. The normalized spacial score (nSPS) is 13.3. The van der Waals surface area contributed by atoms with Crippen molar-refractivity contribution in [3.05, 3.63) is 36.2 Å². The second-order valence-electron chi connectivity index (χ2n) is 7.18. The number of aromatic nitrogens is 2. The Bertz CT molecular complexity index is 775. The van der Waals surface area contributed by atoms with E-state index in [-0.39, 0.29) is 5.88 Å². The summed E-state index contributed by atoms with van der Waals surface area (Å²) in [6.07, 6.45) is 3.15. The predicted molar refractivity (Wildman–Crippen MR) is 100.0 cm³/mol. The lowest BCUT2D eigenvalue weighted by Crippen LogP contribution is -2.43. The van der Waals surface area contributed by atoms with Crippen molar-refractivity contribution in [1.29, 1.82) is 0 Å². The molecule has 0 aliphatic carbocycles. The van der Waals surface area contributed by atoms with E-state index in [0.717, 1.165) is 23.2 Å². The Labute approximate surface area is 153 Å². The first-order valence-electron chi connectivity index (χ1n) is 8.48. The van der Waals surface area contributed by atoms with Gasteiger partial charge in [-0.2, -0.15) is 0 Å². The molecule has 0 saturated carbocycles. The monoisotopic (exact) mass is 358 g/mol. The number of ether oxygens (including phenoxy) is 2. The summed E-state index contributed by atoms with van der Waals surface area (Å²) in [4.78, 5) is 19.3. The Morgan fingerprint density at radius 1 is 1.31 bits per heavy atom. The van der Waals surface area contributed by atoms with E-state index < -0.39 is 11.6 Å². The average molecular weight is 358 g/mol. The molecular formula is C19H26N4O3. The van der Waals surface area contributed by atoms with Gasteiger partial charge in [0.05, 0.1) is 11.9 Å². The van der Waals surface area contributed by atoms with Crippen molar-refractivity contribution < 1.29 is 14.3 Å². The number of aryl methyl sites for hydroxylation is 1. The van der Waals surface area contributed by atoms with Crippen LogP contribution in [-0.2, 0) is 0 Å². The lowest BCUT2D eigenvalue weighted by atomic mass is 9.93. The van der Waals surface area contributed by atoms with E-state index in [2.05, 4.69) is 23.8 Å². The second kappa shape index (κ2) is 8.14. The van der Waals surface area contributed by atoms with Crippen LogP contribution in [0.5, 0.6) is 11.6 Å². The van der Waals surface area contributed by atoms with Crippen LogP contribution in [0.15, 0.2) is 30.6 Å². The van der Waals surface area contributed by atoms with Gasteiger partial charge in [-0.05, 0) is 43.9 Å². The van der Waals surface area contributed by atoms with E-state index in [1.54, 1.807) is 18.3 Å². The summed E-state index contributed by atoms with van der Waals surface area (Å²) in [6, 6.07) is 5.30. The lowest BCUT2D eigenvalue weighted by Gasteiger charge is -2.26. The van der Waals surface area contributed by atoms with Gasteiger partial charge in [-0.1, -0.05) is 13.8 Å². The number of rotatable bonds is 7. The summed E-state index contributed by atoms with van der Waals surface area (Å²) < 4.78 is 10.6. The van der Waals surface area contributed by atoms with Gasteiger partial charge in [-0.3, -0.25) is 4.98 Å². The van der Waals surface area contributed by atoms with Gasteiger partial charge < -0.3 is 20.9 Å². The van der Waals surface area contributed by atoms with E-state index in [1.807, 2.05) is 19.9 Å². The Balaban J connectivity index is 2.13. The maximum absolute atomic E-state index is 10.9. The Morgan fingerprint density at radius 3 is 2.65 bits per heavy atom. The lowest BCUT2D eigenvalue weighted by molar-refractivity contribution is 0.206. The molecule has 2 aromatic heterocycles. The highest BCUT2D eigenvalue weighted by atomic mass is 16.6. The smallest absolute Gasteiger partial charge is 0.411 e. The van der Waals surface area contributed by atoms with E-state index in [1.165, 1.54) is 6.20 Å². The topological polar surface area (TPSA) is 113 Å². The summed E-state index contributed by atoms with van der Waals surface area (Å²) in [7, 11) is 0. The molecule has 1 atom stereocenters. The molecule has 2 heterocycles. The molecule has 0 bridgehead atoms. The van der Waals surface area contributed by atoms with E-state index in [4.69, 9.17) is 20.9 Å². The molecule has 0 aliphatic rings. The van der Waals surface area contributed by atoms with Crippen LogP contribution in [0.2, 0.25) is 0 Å². The predicted octanol–water partition coefficient (Wildman–Crippen LogP) is 3.05. The molecule has 0 spiro atoms. The molecule has 2 aromatic rings. The van der Waals surface area contributed by atoms with Crippen molar-refractivity contribution in [3.8, 4) is 22.9 Å². The number of nitrogens with zero attached hydrogens (tertiary/aromatic N) is 2. The zero-order chi connectivity index (χ0) is 19.3. The van der Waals surface area contributed by atoms with Crippen LogP contribution in [0.4, 0.5) is 4.79 Å². The molecule has 1 unspecified atom stereocenters. The zero-order valence-electron chi connectivity index (χ0n) is 15.7. The fraction of sp³-hybridized carbons (Fsp3) is 0.421. The number of hydrogen-bond acceptors (Lipinski definition) is 6. The Kier molecular flexibility index (Phi) is 6.15. The third-order valence-electron chi connectivity index (χ3n) is 3.71. The van der Waals surface area contributed by atoms with Crippen LogP contribution in [0.3, 0.4) is 0 Å². The van der Waals surface area contributed by atoms with Gasteiger partial charge in [0.2, 0.25) is 5.88 Å². The minimum Gasteiger partial charge on any atom is -0.490 e. The highest BCUT2D eigenvalue weighted by molar-refractivity contribution is 5.69. The van der Waals surface area contributed by atoms with Crippen LogP contribution < -0.4 is 20.9 Å². The van der Waals surface area contributed by atoms with Gasteiger partial charge in [0.25, 0.3) is 0 Å². The number of pyridine rings is 2. The number of carbonyl (C=O) groups is 1. The van der Waals surface area contributed by atoms with Crippen molar-refractivity contribution in [3.63, 3.8) is 0 Å². The van der Waals surface area contributed by atoms with Gasteiger partial charge >= 0.3 is 6.09 Å². The van der Waals surface area contributed by atoms with Gasteiger partial charge in [0, 0.05) is 23.4 Å². The summed E-state index contributed by atoms with van der Waals surface area (Å²) in [6.45, 7) is 8.60. The third kappa shape index (κ3) is 5.70. The van der Waals surface area contributed by atoms with E-state index >= 15 is 0 Å². The molecule has 0 aromatic carbocycles. The summed E-state index contributed by atoms with van der Waals surface area (Å²) in [5.41, 5.74) is 13.3. The first-order valence-corrected chi connectivity index (χ1v) is 8.48. The fourth-order valence-corrected chi connectivity index (χ4v) is 2.89. The Morgan fingerprint density at radius 2 is 2.04 bits per heavy atom. The number of amides is 1. The molecule has 2 rings (SSSR count). The molecule has 140 valence electrons. The molecule has 26 heavy (non-hydrogen) atoms. The number of hydrogen-bond donors (Lipinski definition) is 2. The van der Waals surface area contributed by atoms with Crippen LogP contribution in [0.25, 0.3) is 11.3 Å². The van der Waals surface area contributed by atoms with Crippen molar-refractivity contribution >= 4 is 6.09 Å². The molecule has 1 amide bonds. The highest BCUT2D eigenvalue weighted by Gasteiger charge is 2.21. The van der Waals surface area contributed by atoms with Crippen LogP contribution in [-0.4, -0.2) is 28.2 Å². The number of nitrogens with two attached hydrogens (primary N) is 2. The van der Waals surface area contributed by atoms with Gasteiger partial charge in [0.1, 0.15) is 12.4 Å². The summed E-state index contributed by atoms with van der Waals surface area (Å²) >= 11 is 0. The van der Waals surface area contributed by atoms with Crippen molar-refractivity contribution in [2.24, 2.45) is 17.4 Å². The maximum atomic E-state index is 10.9. The first-order chi connectivity index (χ1) is 12.2. The minimum absolute atomic E-state index is 0.129. The third-order valence-corrected chi connectivity index (χ3v) is 3.71. The zero-order valence-corrected chi connectivity index (χ0v) is 15.7. The standard InChI is InChI=1S/C19H26N4O3/c1-12(2)9-19(4,21)11-25-15-7-13(3)17(23-10-15)14-5-6-22-16(8-14)26-18(20)24/h5-8,10,12H,9,11,21H2,1-4H3,(H2,20,24). The Hall–Kier alpha value is -2.67. The molecule has 0 radical (unpaired) electrons. The molecule has 0 saturated heterocycles. The minimum atomic E-state index is -0.908. The van der Waals surface area contributed by atoms with Gasteiger partial charge in [-0.15, -0.1) is 0 Å². The molecule has 4 N–H and O–H groups in total. The van der Waals surface area contributed by atoms with Crippen LogP contribution in [0.1, 0.15) is 32.8 Å². The fourth-order valence-electron chi connectivity index (χ4n) is 2.89. The quantitative estimate of drug-likeness (QED) is 0.786. The van der Waals surface area contributed by atoms with Crippen molar-refractivity contribution in [2.75, 3.05) is 6.61 Å². The number of carbonyl (C=O) groups excluding carboxylic acids is 1. The van der Waals surface area contributed by atoms with Crippen molar-refractivity contribution in [1.82, 2.24) is 9.97 Å². The van der Waals surface area contributed by atoms with Crippen molar-refractivity contribution in [2.45, 2.75) is 39.7 Å². The molecule has 0 fully saturated rings.